The first-order chi connectivity index (χ1) is 11.1. The summed E-state index contributed by atoms with van der Waals surface area (Å²) in [6, 6.07) is 0. The second-order valence-electron chi connectivity index (χ2n) is 7.45. The molecule has 1 aliphatic heterocycles. The van der Waals surface area contributed by atoms with Gasteiger partial charge in [-0.25, -0.2) is 0 Å². The van der Waals surface area contributed by atoms with Crippen molar-refractivity contribution in [3.8, 4) is 0 Å². The van der Waals surface area contributed by atoms with E-state index in [0.29, 0.717) is 13.0 Å². The smallest absolute Gasteiger partial charge is 0.253 e. The second kappa shape index (κ2) is 8.42. The number of amides is 3. The van der Waals surface area contributed by atoms with Gasteiger partial charge in [0.15, 0.2) is 0 Å². The summed E-state index contributed by atoms with van der Waals surface area (Å²) in [5.41, 5.74) is -0.561. The number of nitrogens with zero attached hydrogens (tertiary/aromatic N) is 1. The van der Waals surface area contributed by atoms with Crippen LogP contribution in [0.5, 0.6) is 0 Å². The minimum atomic E-state index is -0.406. The number of imide groups is 1. The molecule has 136 valence electrons. The molecule has 3 amide bonds. The molecule has 6 heteroatoms. The van der Waals surface area contributed by atoms with Gasteiger partial charge >= 0.3 is 0 Å². The van der Waals surface area contributed by atoms with Crippen molar-refractivity contribution in [2.45, 2.75) is 71.4 Å². The van der Waals surface area contributed by atoms with Gasteiger partial charge in [0.25, 0.3) is 11.8 Å². The molecule has 0 aromatic carbocycles. The summed E-state index contributed by atoms with van der Waals surface area (Å²) in [5, 5.41) is 2.94. The molecule has 0 atom stereocenters. The van der Waals surface area contributed by atoms with Crippen LogP contribution in [0.15, 0.2) is 12.2 Å². The van der Waals surface area contributed by atoms with Crippen LogP contribution in [0.4, 0.5) is 0 Å². The summed E-state index contributed by atoms with van der Waals surface area (Å²) >= 11 is 0. The fraction of sp³-hybridized carbons (Fsp3) is 0.722. The van der Waals surface area contributed by atoms with Crippen molar-refractivity contribution in [3.63, 3.8) is 0 Å². The number of hydrogen-bond acceptors (Lipinski definition) is 4. The first kappa shape index (κ1) is 20.4. The standard InChI is InChI=1S/C18H30N2O4/c1-6-10-18(4,5)24-13-11-17(2,3)19-14(21)9-12-20-15(22)7-8-16(20)23/h7-8H,6,9-13H2,1-5H3,(H,19,21). The summed E-state index contributed by atoms with van der Waals surface area (Å²) in [6.07, 6.45) is 5.29. The van der Waals surface area contributed by atoms with Crippen LogP contribution in [0.1, 0.15) is 60.3 Å². The van der Waals surface area contributed by atoms with Gasteiger partial charge in [-0.3, -0.25) is 19.3 Å². The molecule has 0 fully saturated rings. The number of rotatable bonds is 10. The second-order valence-corrected chi connectivity index (χ2v) is 7.45. The summed E-state index contributed by atoms with van der Waals surface area (Å²) in [4.78, 5) is 36.0. The molecule has 0 aromatic heterocycles. The summed E-state index contributed by atoms with van der Waals surface area (Å²) in [6.45, 7) is 10.8. The van der Waals surface area contributed by atoms with E-state index in [4.69, 9.17) is 4.74 Å². The molecule has 1 N–H and O–H groups in total. The van der Waals surface area contributed by atoms with E-state index in [1.165, 1.54) is 12.2 Å². The van der Waals surface area contributed by atoms with Gasteiger partial charge in [0.05, 0.1) is 5.60 Å². The lowest BCUT2D eigenvalue weighted by molar-refractivity contribution is -0.137. The lowest BCUT2D eigenvalue weighted by atomic mass is 10.00. The van der Waals surface area contributed by atoms with E-state index >= 15 is 0 Å². The van der Waals surface area contributed by atoms with Crippen molar-refractivity contribution in [3.05, 3.63) is 12.2 Å². The highest BCUT2D eigenvalue weighted by Crippen LogP contribution is 2.18. The van der Waals surface area contributed by atoms with Gasteiger partial charge in [0, 0.05) is 37.3 Å². The highest BCUT2D eigenvalue weighted by atomic mass is 16.5. The Morgan fingerprint density at radius 1 is 1.12 bits per heavy atom. The molecule has 0 saturated carbocycles. The molecule has 0 bridgehead atoms. The van der Waals surface area contributed by atoms with Crippen LogP contribution < -0.4 is 5.32 Å². The minimum absolute atomic E-state index is 0.102. The predicted molar refractivity (Wildman–Crippen MR) is 92.3 cm³/mol. The van der Waals surface area contributed by atoms with Crippen LogP contribution in [0.3, 0.4) is 0 Å². The lowest BCUT2D eigenvalue weighted by Crippen LogP contribution is -2.46. The molecule has 0 aromatic rings. The summed E-state index contributed by atoms with van der Waals surface area (Å²) in [7, 11) is 0. The normalized spacial score (nSPS) is 15.3. The van der Waals surface area contributed by atoms with Crippen LogP contribution in [-0.4, -0.2) is 46.9 Å². The predicted octanol–water partition coefficient (Wildman–Crippen LogP) is 2.18. The zero-order chi connectivity index (χ0) is 18.4. The van der Waals surface area contributed by atoms with Gasteiger partial charge in [0.1, 0.15) is 0 Å². The summed E-state index contributed by atoms with van der Waals surface area (Å²) < 4.78 is 5.90. The first-order valence-corrected chi connectivity index (χ1v) is 8.55. The van der Waals surface area contributed by atoms with E-state index in [-0.39, 0.29) is 36.3 Å². The van der Waals surface area contributed by atoms with E-state index in [9.17, 15) is 14.4 Å². The minimum Gasteiger partial charge on any atom is -0.375 e. The zero-order valence-corrected chi connectivity index (χ0v) is 15.5. The quantitative estimate of drug-likeness (QED) is 0.620. The van der Waals surface area contributed by atoms with Gasteiger partial charge in [0.2, 0.25) is 5.91 Å². The number of nitrogens with one attached hydrogen (secondary N) is 1. The van der Waals surface area contributed by atoms with Crippen molar-refractivity contribution >= 4 is 17.7 Å². The van der Waals surface area contributed by atoms with E-state index in [1.807, 2.05) is 13.8 Å². The van der Waals surface area contributed by atoms with E-state index in [2.05, 4.69) is 26.1 Å². The Balaban J connectivity index is 2.33. The van der Waals surface area contributed by atoms with Crippen molar-refractivity contribution in [1.82, 2.24) is 10.2 Å². The Labute approximate surface area is 144 Å². The number of carbonyl (C=O) groups excluding carboxylic acids is 3. The topological polar surface area (TPSA) is 75.7 Å². The molecular weight excluding hydrogens is 308 g/mol. The maximum Gasteiger partial charge on any atom is 0.253 e. The molecule has 0 unspecified atom stereocenters. The lowest BCUT2D eigenvalue weighted by Gasteiger charge is -2.30. The van der Waals surface area contributed by atoms with Crippen molar-refractivity contribution in [2.75, 3.05) is 13.2 Å². The van der Waals surface area contributed by atoms with Crippen LogP contribution in [0.2, 0.25) is 0 Å². The summed E-state index contributed by atoms with van der Waals surface area (Å²) in [5.74, 6) is -0.905. The van der Waals surface area contributed by atoms with Crippen molar-refractivity contribution in [1.29, 1.82) is 0 Å². The van der Waals surface area contributed by atoms with E-state index in [1.54, 1.807) is 0 Å². The van der Waals surface area contributed by atoms with E-state index in [0.717, 1.165) is 17.7 Å². The molecule has 0 saturated heterocycles. The zero-order valence-electron chi connectivity index (χ0n) is 15.5. The third-order valence-corrected chi connectivity index (χ3v) is 4.01. The monoisotopic (exact) mass is 338 g/mol. The molecule has 0 spiro atoms. The van der Waals surface area contributed by atoms with Crippen LogP contribution in [0.25, 0.3) is 0 Å². The third-order valence-electron chi connectivity index (χ3n) is 4.01. The molecule has 1 heterocycles. The van der Waals surface area contributed by atoms with Crippen LogP contribution in [-0.2, 0) is 19.1 Å². The number of ether oxygens (including phenoxy) is 1. The van der Waals surface area contributed by atoms with Crippen LogP contribution in [0, 0.1) is 0 Å². The Morgan fingerprint density at radius 2 is 1.71 bits per heavy atom. The molecule has 24 heavy (non-hydrogen) atoms. The molecular formula is C18H30N2O4. The van der Waals surface area contributed by atoms with Gasteiger partial charge in [-0.1, -0.05) is 13.3 Å². The number of carbonyl (C=O) groups is 3. The average molecular weight is 338 g/mol. The van der Waals surface area contributed by atoms with Crippen molar-refractivity contribution in [2.24, 2.45) is 0 Å². The van der Waals surface area contributed by atoms with Gasteiger partial charge < -0.3 is 10.1 Å². The average Bonchev–Trinajstić information content (AvgIpc) is 2.74. The van der Waals surface area contributed by atoms with Gasteiger partial charge in [-0.15, -0.1) is 0 Å². The Hall–Kier alpha value is -1.69. The SMILES string of the molecule is CCCC(C)(C)OCCC(C)(C)NC(=O)CCN1C(=O)C=CC1=O. The molecule has 1 aliphatic rings. The highest BCUT2D eigenvalue weighted by molar-refractivity contribution is 6.13. The molecule has 0 aliphatic carbocycles. The molecule has 1 rings (SSSR count). The Kier molecular flexibility index (Phi) is 7.14. The van der Waals surface area contributed by atoms with Gasteiger partial charge in [-0.2, -0.15) is 0 Å². The Morgan fingerprint density at radius 3 is 2.25 bits per heavy atom. The Bertz CT molecular complexity index is 491. The largest absolute Gasteiger partial charge is 0.375 e. The highest BCUT2D eigenvalue weighted by Gasteiger charge is 2.26. The maximum atomic E-state index is 12.1. The third kappa shape index (κ3) is 6.83. The molecule has 6 nitrogen and oxygen atoms in total. The van der Waals surface area contributed by atoms with Crippen LogP contribution >= 0.6 is 0 Å². The van der Waals surface area contributed by atoms with E-state index < -0.39 is 5.54 Å². The van der Waals surface area contributed by atoms with Gasteiger partial charge in [-0.05, 0) is 40.5 Å². The first-order valence-electron chi connectivity index (χ1n) is 8.55. The molecule has 0 radical (unpaired) electrons. The fourth-order valence-corrected chi connectivity index (χ4v) is 2.62. The number of hydrogen-bond donors (Lipinski definition) is 1. The fourth-order valence-electron chi connectivity index (χ4n) is 2.62. The maximum absolute atomic E-state index is 12.1. The van der Waals surface area contributed by atoms with Crippen molar-refractivity contribution < 1.29 is 19.1 Å².